The maximum absolute atomic E-state index is 2.32. The lowest BCUT2D eigenvalue weighted by Crippen LogP contribution is -2.45. The van der Waals surface area contributed by atoms with Crippen LogP contribution in [0.4, 0.5) is 0 Å². The fourth-order valence-corrected chi connectivity index (χ4v) is 1.74. The second-order valence-corrected chi connectivity index (χ2v) is 3.22. The molecule has 1 heterocycles. The molecule has 0 unspecified atom stereocenters. The summed E-state index contributed by atoms with van der Waals surface area (Å²) in [6.45, 7) is 9.75. The Balaban J connectivity index is 2.44. The fourth-order valence-electron chi connectivity index (χ4n) is 1.74. The predicted octanol–water partition coefficient (Wildman–Crippen LogP) is 1.80. The normalized spacial score (nSPS) is 21.8. The van der Waals surface area contributed by atoms with Gasteiger partial charge in [0.1, 0.15) is 0 Å². The highest BCUT2D eigenvalue weighted by Gasteiger charge is 2.24. The molecule has 0 bridgehead atoms. The van der Waals surface area contributed by atoms with Crippen molar-refractivity contribution in [2.45, 2.75) is 20.3 Å². The summed E-state index contributed by atoms with van der Waals surface area (Å²) in [5.74, 6) is 0. The highest BCUT2D eigenvalue weighted by molar-refractivity contribution is 4.88. The van der Waals surface area contributed by atoms with Crippen LogP contribution in [0.5, 0.6) is 0 Å². The van der Waals surface area contributed by atoms with E-state index in [-0.39, 0.29) is 0 Å². The third-order valence-corrected chi connectivity index (χ3v) is 2.52. The van der Waals surface area contributed by atoms with Gasteiger partial charge in [-0.3, -0.25) is 0 Å². The molecule has 0 fully saturated rings. The van der Waals surface area contributed by atoms with Crippen molar-refractivity contribution in [1.29, 1.82) is 0 Å². The second-order valence-electron chi connectivity index (χ2n) is 3.22. The van der Waals surface area contributed by atoms with E-state index in [4.69, 9.17) is 0 Å². The Morgan fingerprint density at radius 2 is 1.80 bits per heavy atom. The van der Waals surface area contributed by atoms with Gasteiger partial charge in [-0.25, -0.2) is 0 Å². The van der Waals surface area contributed by atoms with E-state index in [1.807, 2.05) is 0 Å². The van der Waals surface area contributed by atoms with Crippen LogP contribution in [0, 0.1) is 0 Å². The molecule has 1 aliphatic heterocycles. The number of quaternary nitrogens is 1. The standard InChI is InChI=1S/C9H18N/c1-3-7-10(4-2)8-5-6-9-10/h5-6H,3-4,7-9H2,1-2H3/q+1. The zero-order chi connectivity index (χ0) is 7.45. The van der Waals surface area contributed by atoms with Gasteiger partial charge in [0.2, 0.25) is 0 Å². The summed E-state index contributed by atoms with van der Waals surface area (Å²) in [7, 11) is 0. The molecule has 10 heavy (non-hydrogen) atoms. The Labute approximate surface area is 63.9 Å². The van der Waals surface area contributed by atoms with Crippen molar-refractivity contribution in [2.24, 2.45) is 0 Å². The Bertz CT molecular complexity index is 119. The summed E-state index contributed by atoms with van der Waals surface area (Å²) < 4.78 is 1.30. The van der Waals surface area contributed by atoms with Gasteiger partial charge in [-0.15, -0.1) is 0 Å². The smallest absolute Gasteiger partial charge is 0.0978 e. The van der Waals surface area contributed by atoms with Crippen LogP contribution in [0.2, 0.25) is 0 Å². The molecule has 0 aromatic heterocycles. The van der Waals surface area contributed by atoms with Gasteiger partial charge in [-0.05, 0) is 25.5 Å². The highest BCUT2D eigenvalue weighted by Crippen LogP contribution is 2.13. The first-order valence-electron chi connectivity index (χ1n) is 4.33. The molecule has 0 saturated heterocycles. The first-order valence-corrected chi connectivity index (χ1v) is 4.33. The Morgan fingerprint density at radius 1 is 1.20 bits per heavy atom. The van der Waals surface area contributed by atoms with Crippen molar-refractivity contribution in [2.75, 3.05) is 26.2 Å². The van der Waals surface area contributed by atoms with E-state index in [9.17, 15) is 0 Å². The van der Waals surface area contributed by atoms with E-state index in [0.717, 1.165) is 0 Å². The van der Waals surface area contributed by atoms with Crippen molar-refractivity contribution in [3.63, 3.8) is 0 Å². The van der Waals surface area contributed by atoms with E-state index in [1.54, 1.807) is 0 Å². The van der Waals surface area contributed by atoms with E-state index < -0.39 is 0 Å². The number of nitrogens with zero attached hydrogens (tertiary/aromatic N) is 1. The van der Waals surface area contributed by atoms with Crippen LogP contribution < -0.4 is 0 Å². The Morgan fingerprint density at radius 3 is 2.20 bits per heavy atom. The van der Waals surface area contributed by atoms with Crippen molar-refractivity contribution in [1.82, 2.24) is 0 Å². The monoisotopic (exact) mass is 140 g/mol. The van der Waals surface area contributed by atoms with Gasteiger partial charge in [0, 0.05) is 0 Å². The molecule has 1 rings (SSSR count). The second kappa shape index (κ2) is 3.20. The largest absolute Gasteiger partial charge is 0.317 e. The summed E-state index contributed by atoms with van der Waals surface area (Å²) in [6.07, 6.45) is 5.95. The van der Waals surface area contributed by atoms with Gasteiger partial charge in [-0.1, -0.05) is 6.92 Å². The molecule has 1 aliphatic rings. The minimum Gasteiger partial charge on any atom is -0.317 e. The lowest BCUT2D eigenvalue weighted by molar-refractivity contribution is -0.911. The molecule has 0 aromatic rings. The number of hydrogen-bond acceptors (Lipinski definition) is 0. The van der Waals surface area contributed by atoms with E-state index >= 15 is 0 Å². The van der Waals surface area contributed by atoms with Crippen LogP contribution in [-0.2, 0) is 0 Å². The van der Waals surface area contributed by atoms with Crippen LogP contribution >= 0.6 is 0 Å². The molecule has 58 valence electrons. The molecule has 0 aromatic carbocycles. The maximum Gasteiger partial charge on any atom is 0.0978 e. The molecular formula is C9H18N+. The summed E-state index contributed by atoms with van der Waals surface area (Å²) in [5.41, 5.74) is 0. The molecule has 1 heteroatoms. The lowest BCUT2D eigenvalue weighted by atomic mass is 10.3. The van der Waals surface area contributed by atoms with Gasteiger partial charge in [0.15, 0.2) is 0 Å². The van der Waals surface area contributed by atoms with Crippen LogP contribution in [0.25, 0.3) is 0 Å². The van der Waals surface area contributed by atoms with Gasteiger partial charge < -0.3 is 4.48 Å². The third kappa shape index (κ3) is 1.40. The number of likely N-dealkylation sites (N-methyl/N-ethyl adjacent to an activating group) is 1. The van der Waals surface area contributed by atoms with Crippen LogP contribution in [0.3, 0.4) is 0 Å². The lowest BCUT2D eigenvalue weighted by Gasteiger charge is -2.32. The number of rotatable bonds is 3. The summed E-state index contributed by atoms with van der Waals surface area (Å²) >= 11 is 0. The predicted molar refractivity (Wildman–Crippen MR) is 44.8 cm³/mol. The first-order chi connectivity index (χ1) is 4.83. The topological polar surface area (TPSA) is 0 Å². The van der Waals surface area contributed by atoms with Crippen LogP contribution in [-0.4, -0.2) is 30.7 Å². The minimum atomic E-state index is 1.27. The Kier molecular flexibility index (Phi) is 2.50. The van der Waals surface area contributed by atoms with Crippen molar-refractivity contribution in [3.05, 3.63) is 12.2 Å². The number of hydrogen-bond donors (Lipinski definition) is 0. The SMILES string of the molecule is CCC[N+]1(CC)CC=CC1. The molecule has 0 atom stereocenters. The third-order valence-electron chi connectivity index (χ3n) is 2.52. The average Bonchev–Trinajstić information content (AvgIpc) is 2.39. The molecule has 0 saturated carbocycles. The van der Waals surface area contributed by atoms with Gasteiger partial charge >= 0.3 is 0 Å². The Hall–Kier alpha value is -0.300. The minimum absolute atomic E-state index is 1.27. The molecule has 0 amide bonds. The summed E-state index contributed by atoms with van der Waals surface area (Å²) in [4.78, 5) is 0. The van der Waals surface area contributed by atoms with Crippen LogP contribution in [0.15, 0.2) is 12.2 Å². The quantitative estimate of drug-likeness (QED) is 0.414. The molecule has 0 spiro atoms. The van der Waals surface area contributed by atoms with Crippen molar-refractivity contribution < 1.29 is 4.48 Å². The molecule has 1 nitrogen and oxygen atoms in total. The van der Waals surface area contributed by atoms with Crippen molar-refractivity contribution >= 4 is 0 Å². The first kappa shape index (κ1) is 7.80. The van der Waals surface area contributed by atoms with Gasteiger partial charge in [0.05, 0.1) is 26.2 Å². The maximum atomic E-state index is 2.32. The molecule has 0 radical (unpaired) electrons. The zero-order valence-corrected chi connectivity index (χ0v) is 7.14. The zero-order valence-electron chi connectivity index (χ0n) is 7.14. The molecule has 0 N–H and O–H groups in total. The van der Waals surface area contributed by atoms with Crippen molar-refractivity contribution in [3.8, 4) is 0 Å². The molecular weight excluding hydrogens is 122 g/mol. The highest BCUT2D eigenvalue weighted by atomic mass is 15.3. The van der Waals surface area contributed by atoms with Crippen LogP contribution in [0.1, 0.15) is 20.3 Å². The van der Waals surface area contributed by atoms with E-state index in [0.29, 0.717) is 0 Å². The fraction of sp³-hybridized carbons (Fsp3) is 0.778. The summed E-state index contributed by atoms with van der Waals surface area (Å²) in [6, 6.07) is 0. The van der Waals surface area contributed by atoms with Gasteiger partial charge in [-0.2, -0.15) is 0 Å². The van der Waals surface area contributed by atoms with Gasteiger partial charge in [0.25, 0.3) is 0 Å². The summed E-state index contributed by atoms with van der Waals surface area (Å²) in [5, 5.41) is 0. The van der Waals surface area contributed by atoms with E-state index in [1.165, 1.54) is 37.1 Å². The average molecular weight is 140 g/mol. The molecule has 0 aliphatic carbocycles. The van der Waals surface area contributed by atoms with E-state index in [2.05, 4.69) is 26.0 Å².